The molecule has 0 bridgehead atoms. The second-order valence-corrected chi connectivity index (χ2v) is 4.54. The van der Waals surface area contributed by atoms with Crippen LogP contribution in [0.25, 0.3) is 10.9 Å². The number of H-pyrrole nitrogens is 1. The van der Waals surface area contributed by atoms with E-state index in [0.717, 1.165) is 0 Å². The zero-order chi connectivity index (χ0) is 17.7. The van der Waals surface area contributed by atoms with Crippen molar-refractivity contribution in [3.05, 3.63) is 30.0 Å². The second kappa shape index (κ2) is 6.98. The van der Waals surface area contributed by atoms with Crippen LogP contribution in [-0.4, -0.2) is 47.4 Å². The molecule has 24 heavy (non-hydrogen) atoms. The molecular weight excluding hydrogens is 333 g/mol. The predicted molar refractivity (Wildman–Crippen MR) is 74.0 cm³/mol. The fourth-order valence-corrected chi connectivity index (χ4v) is 1.71. The van der Waals surface area contributed by atoms with E-state index in [1.165, 1.54) is 5.32 Å². The van der Waals surface area contributed by atoms with E-state index >= 15 is 0 Å². The Labute approximate surface area is 132 Å². The number of halogens is 3. The van der Waals surface area contributed by atoms with E-state index < -0.39 is 37.2 Å². The molecule has 0 aliphatic rings. The lowest BCUT2D eigenvalue weighted by Crippen LogP contribution is -2.44. The molecule has 1 aromatic heterocycles. The Bertz CT molecular complexity index is 772. The van der Waals surface area contributed by atoms with Crippen LogP contribution in [0, 0.1) is 0 Å². The fourth-order valence-electron chi connectivity index (χ4n) is 1.71. The number of nitrogens with one attached hydrogen (secondary N) is 3. The first-order chi connectivity index (χ1) is 11.3. The molecule has 2 aromatic rings. The van der Waals surface area contributed by atoms with Gasteiger partial charge in [0.25, 0.3) is 5.91 Å². The SMILES string of the molecule is O=C(COC(=O)c1n[nH]c2ccccc12)NC(=O)NCC(F)(F)F. The van der Waals surface area contributed by atoms with Gasteiger partial charge in [0.1, 0.15) is 6.54 Å². The van der Waals surface area contributed by atoms with Crippen molar-refractivity contribution in [2.45, 2.75) is 6.18 Å². The topological polar surface area (TPSA) is 113 Å². The number of ether oxygens (including phenoxy) is 1. The summed E-state index contributed by atoms with van der Waals surface area (Å²) < 4.78 is 40.3. The number of hydrogen-bond acceptors (Lipinski definition) is 5. The quantitative estimate of drug-likeness (QED) is 0.719. The van der Waals surface area contributed by atoms with Crippen LogP contribution in [-0.2, 0) is 9.53 Å². The molecule has 2 rings (SSSR count). The van der Waals surface area contributed by atoms with Gasteiger partial charge in [-0.1, -0.05) is 18.2 Å². The van der Waals surface area contributed by atoms with Crippen molar-refractivity contribution in [1.29, 1.82) is 0 Å². The molecule has 128 valence electrons. The summed E-state index contributed by atoms with van der Waals surface area (Å²) in [6, 6.07) is 5.34. The van der Waals surface area contributed by atoms with Gasteiger partial charge < -0.3 is 10.1 Å². The molecular formula is C13H11F3N4O4. The Balaban J connectivity index is 1.83. The Kier molecular flexibility index (Phi) is 5.02. The molecule has 0 saturated carbocycles. The molecule has 3 N–H and O–H groups in total. The number of aromatic nitrogens is 2. The van der Waals surface area contributed by atoms with Crippen molar-refractivity contribution in [1.82, 2.24) is 20.8 Å². The summed E-state index contributed by atoms with van der Waals surface area (Å²) in [6.45, 7) is -2.44. The smallest absolute Gasteiger partial charge is 0.405 e. The largest absolute Gasteiger partial charge is 0.451 e. The van der Waals surface area contributed by atoms with Crippen LogP contribution in [0.5, 0.6) is 0 Å². The lowest BCUT2D eigenvalue weighted by atomic mass is 10.2. The van der Waals surface area contributed by atoms with Crippen LogP contribution in [0.15, 0.2) is 24.3 Å². The summed E-state index contributed by atoms with van der Waals surface area (Å²) in [5.41, 5.74) is 0.528. The number of para-hydroxylation sites is 1. The minimum absolute atomic E-state index is 0.0556. The summed E-state index contributed by atoms with van der Waals surface area (Å²) in [5.74, 6) is -2.00. The third-order valence-corrected chi connectivity index (χ3v) is 2.70. The van der Waals surface area contributed by atoms with Gasteiger partial charge in [-0.15, -0.1) is 0 Å². The molecule has 0 atom stereocenters. The number of nitrogens with zero attached hydrogens (tertiary/aromatic N) is 1. The minimum Gasteiger partial charge on any atom is -0.451 e. The van der Waals surface area contributed by atoms with Crippen molar-refractivity contribution in [3.8, 4) is 0 Å². The van der Waals surface area contributed by atoms with Crippen LogP contribution in [0.3, 0.4) is 0 Å². The normalized spacial score (nSPS) is 11.1. The van der Waals surface area contributed by atoms with Gasteiger partial charge in [0, 0.05) is 5.39 Å². The van der Waals surface area contributed by atoms with E-state index in [1.54, 1.807) is 29.6 Å². The van der Waals surface area contributed by atoms with Crippen LogP contribution in [0.1, 0.15) is 10.5 Å². The maximum atomic E-state index is 11.9. The molecule has 0 unspecified atom stereocenters. The lowest BCUT2D eigenvalue weighted by molar-refractivity contribution is -0.125. The molecule has 1 aromatic carbocycles. The summed E-state index contributed by atoms with van der Waals surface area (Å²) in [4.78, 5) is 34.2. The highest BCUT2D eigenvalue weighted by Gasteiger charge is 2.28. The number of aromatic amines is 1. The van der Waals surface area contributed by atoms with Crippen molar-refractivity contribution in [2.75, 3.05) is 13.2 Å². The predicted octanol–water partition coefficient (Wildman–Crippen LogP) is 1.11. The molecule has 0 aliphatic heterocycles. The van der Waals surface area contributed by atoms with Gasteiger partial charge in [-0.25, -0.2) is 9.59 Å². The standard InChI is InChI=1S/C13H11F3N4O4/c14-13(15,16)6-17-12(23)18-9(21)5-24-11(22)10-7-3-1-2-4-8(7)19-20-10/h1-4H,5-6H2,(H,19,20)(H2,17,18,21,23). The number of urea groups is 1. The molecule has 0 radical (unpaired) electrons. The van der Waals surface area contributed by atoms with E-state index in [4.69, 9.17) is 0 Å². The van der Waals surface area contributed by atoms with Crippen LogP contribution in [0.4, 0.5) is 18.0 Å². The Morgan fingerprint density at radius 1 is 1.21 bits per heavy atom. The van der Waals surface area contributed by atoms with Crippen molar-refractivity contribution < 1.29 is 32.3 Å². The first-order valence-electron chi connectivity index (χ1n) is 6.51. The van der Waals surface area contributed by atoms with Crippen LogP contribution < -0.4 is 10.6 Å². The summed E-state index contributed by atoms with van der Waals surface area (Å²) in [5, 5.41) is 9.87. The number of imide groups is 1. The Morgan fingerprint density at radius 3 is 2.62 bits per heavy atom. The zero-order valence-electron chi connectivity index (χ0n) is 11.9. The molecule has 8 nitrogen and oxygen atoms in total. The summed E-state index contributed by atoms with van der Waals surface area (Å²) in [6.07, 6.45) is -4.60. The highest BCUT2D eigenvalue weighted by molar-refractivity contribution is 6.03. The molecule has 0 saturated heterocycles. The molecule has 3 amide bonds. The zero-order valence-corrected chi connectivity index (χ0v) is 11.9. The van der Waals surface area contributed by atoms with E-state index in [2.05, 4.69) is 14.9 Å². The second-order valence-electron chi connectivity index (χ2n) is 4.54. The van der Waals surface area contributed by atoms with E-state index in [0.29, 0.717) is 10.9 Å². The number of benzene rings is 1. The Morgan fingerprint density at radius 2 is 1.92 bits per heavy atom. The average Bonchev–Trinajstić information content (AvgIpc) is 2.94. The summed E-state index contributed by atoms with van der Waals surface area (Å²) in [7, 11) is 0. The average molecular weight is 344 g/mol. The fraction of sp³-hybridized carbons (Fsp3) is 0.231. The first kappa shape index (κ1) is 17.2. The van der Waals surface area contributed by atoms with Crippen molar-refractivity contribution in [2.24, 2.45) is 0 Å². The van der Waals surface area contributed by atoms with Gasteiger partial charge in [0.15, 0.2) is 12.3 Å². The van der Waals surface area contributed by atoms with Crippen molar-refractivity contribution >= 4 is 28.8 Å². The van der Waals surface area contributed by atoms with Crippen LogP contribution >= 0.6 is 0 Å². The van der Waals surface area contributed by atoms with Crippen LogP contribution in [0.2, 0.25) is 0 Å². The molecule has 11 heteroatoms. The monoisotopic (exact) mass is 344 g/mol. The highest BCUT2D eigenvalue weighted by Crippen LogP contribution is 2.15. The number of esters is 1. The van der Waals surface area contributed by atoms with E-state index in [9.17, 15) is 27.6 Å². The summed E-state index contributed by atoms with van der Waals surface area (Å²) >= 11 is 0. The molecule has 1 heterocycles. The van der Waals surface area contributed by atoms with Crippen molar-refractivity contribution in [3.63, 3.8) is 0 Å². The molecule has 0 spiro atoms. The Hall–Kier alpha value is -3.11. The van der Waals surface area contributed by atoms with Gasteiger partial charge in [-0.05, 0) is 6.07 Å². The number of carbonyl (C=O) groups excluding carboxylic acids is 3. The number of fused-ring (bicyclic) bond motifs is 1. The van der Waals surface area contributed by atoms with E-state index in [-0.39, 0.29) is 5.69 Å². The van der Waals surface area contributed by atoms with Gasteiger partial charge in [-0.2, -0.15) is 18.3 Å². The first-order valence-corrected chi connectivity index (χ1v) is 6.51. The maximum Gasteiger partial charge on any atom is 0.405 e. The number of rotatable bonds is 4. The third-order valence-electron chi connectivity index (χ3n) is 2.70. The number of alkyl halides is 3. The third kappa shape index (κ3) is 4.69. The lowest BCUT2D eigenvalue weighted by Gasteiger charge is -2.09. The molecule has 0 aliphatic carbocycles. The number of hydrogen-bond donors (Lipinski definition) is 3. The van der Waals surface area contributed by atoms with Gasteiger partial charge in [0.05, 0.1) is 5.52 Å². The minimum atomic E-state index is -4.60. The highest BCUT2D eigenvalue weighted by atomic mass is 19.4. The van der Waals surface area contributed by atoms with Gasteiger partial charge in [0.2, 0.25) is 0 Å². The molecule has 0 fully saturated rings. The van der Waals surface area contributed by atoms with E-state index in [1.807, 2.05) is 0 Å². The number of carbonyl (C=O) groups is 3. The van der Waals surface area contributed by atoms with Gasteiger partial charge >= 0.3 is 18.2 Å². The van der Waals surface area contributed by atoms with Gasteiger partial charge in [-0.3, -0.25) is 15.2 Å². The number of amides is 3. The maximum absolute atomic E-state index is 11.9.